The highest BCUT2D eigenvalue weighted by molar-refractivity contribution is 5.97. The van der Waals surface area contributed by atoms with E-state index < -0.39 is 0 Å². The van der Waals surface area contributed by atoms with Crippen LogP contribution in [0.1, 0.15) is 37.6 Å². The van der Waals surface area contributed by atoms with Gasteiger partial charge in [0.05, 0.1) is 12.2 Å². The highest BCUT2D eigenvalue weighted by atomic mass is 16.5. The van der Waals surface area contributed by atoms with Crippen molar-refractivity contribution >= 4 is 5.91 Å². The summed E-state index contributed by atoms with van der Waals surface area (Å²) in [6, 6.07) is 7.37. The summed E-state index contributed by atoms with van der Waals surface area (Å²) in [6.45, 7) is 7.00. The Morgan fingerprint density at radius 3 is 2.63 bits per heavy atom. The molecule has 0 spiro atoms. The molecular weight excluding hydrogens is 242 g/mol. The second-order valence-electron chi connectivity index (χ2n) is 4.60. The summed E-state index contributed by atoms with van der Waals surface area (Å²) in [6.07, 6.45) is 0.584. The monoisotopic (exact) mass is 265 g/mol. The first-order chi connectivity index (χ1) is 9.11. The van der Waals surface area contributed by atoms with Gasteiger partial charge in [-0.05, 0) is 39.3 Å². The van der Waals surface area contributed by atoms with Gasteiger partial charge in [0, 0.05) is 19.2 Å². The first-order valence-electron chi connectivity index (χ1n) is 6.75. The van der Waals surface area contributed by atoms with Crippen LogP contribution in [0, 0.1) is 0 Å². The zero-order chi connectivity index (χ0) is 14.3. The van der Waals surface area contributed by atoms with E-state index in [9.17, 15) is 4.79 Å². The van der Waals surface area contributed by atoms with Gasteiger partial charge in [-0.2, -0.15) is 0 Å². The molecule has 1 amide bonds. The predicted octanol–water partition coefficient (Wildman–Crippen LogP) is 2.32. The summed E-state index contributed by atoms with van der Waals surface area (Å²) in [5.74, 6) is 0.567. The highest BCUT2D eigenvalue weighted by Gasteiger charge is 2.21. The maximum absolute atomic E-state index is 12.6. The third-order valence-electron chi connectivity index (χ3n) is 2.86. The second-order valence-corrected chi connectivity index (χ2v) is 4.60. The molecule has 0 saturated carbocycles. The average molecular weight is 265 g/mol. The number of benzene rings is 1. The molecule has 0 aliphatic rings. The van der Waals surface area contributed by atoms with Crippen LogP contribution in [-0.4, -0.2) is 41.7 Å². The number of rotatable bonds is 7. The maximum atomic E-state index is 12.6. The third-order valence-corrected chi connectivity index (χ3v) is 2.86. The Hall–Kier alpha value is -1.55. The number of para-hydroxylation sites is 1. The van der Waals surface area contributed by atoms with Gasteiger partial charge in [0.2, 0.25) is 0 Å². The molecular formula is C15H23NO3. The minimum absolute atomic E-state index is 0.0486. The van der Waals surface area contributed by atoms with Crippen molar-refractivity contribution in [3.8, 4) is 5.75 Å². The van der Waals surface area contributed by atoms with Crippen molar-refractivity contribution in [2.75, 3.05) is 19.8 Å². The van der Waals surface area contributed by atoms with Crippen molar-refractivity contribution in [1.29, 1.82) is 0 Å². The van der Waals surface area contributed by atoms with Gasteiger partial charge in [0.1, 0.15) is 5.75 Å². The molecule has 0 fully saturated rings. The minimum Gasteiger partial charge on any atom is -0.493 e. The fourth-order valence-corrected chi connectivity index (χ4v) is 1.91. The molecule has 0 unspecified atom stereocenters. The molecule has 0 radical (unpaired) electrons. The largest absolute Gasteiger partial charge is 0.493 e. The molecule has 0 heterocycles. The molecule has 1 N–H and O–H groups in total. The first kappa shape index (κ1) is 15.5. The molecule has 0 saturated heterocycles. The van der Waals surface area contributed by atoms with Crippen molar-refractivity contribution in [2.45, 2.75) is 33.2 Å². The van der Waals surface area contributed by atoms with Gasteiger partial charge in [-0.15, -0.1) is 0 Å². The van der Waals surface area contributed by atoms with Crippen LogP contribution < -0.4 is 4.74 Å². The second kappa shape index (κ2) is 7.79. The predicted molar refractivity (Wildman–Crippen MR) is 75.5 cm³/mol. The Morgan fingerprint density at radius 2 is 2.05 bits per heavy atom. The fourth-order valence-electron chi connectivity index (χ4n) is 1.91. The Bertz CT molecular complexity index is 404. The van der Waals surface area contributed by atoms with Gasteiger partial charge in [-0.1, -0.05) is 12.1 Å². The third kappa shape index (κ3) is 4.24. The van der Waals surface area contributed by atoms with Crippen molar-refractivity contribution in [2.24, 2.45) is 0 Å². The van der Waals surface area contributed by atoms with E-state index in [4.69, 9.17) is 9.84 Å². The van der Waals surface area contributed by atoms with Crippen molar-refractivity contribution in [1.82, 2.24) is 4.90 Å². The van der Waals surface area contributed by atoms with E-state index in [0.717, 1.165) is 0 Å². The average Bonchev–Trinajstić information content (AvgIpc) is 2.39. The number of carbonyl (C=O) groups is 1. The van der Waals surface area contributed by atoms with Crippen LogP contribution in [-0.2, 0) is 0 Å². The molecule has 0 aliphatic carbocycles. The summed E-state index contributed by atoms with van der Waals surface area (Å²) in [5, 5.41) is 8.93. The van der Waals surface area contributed by atoms with Gasteiger partial charge < -0.3 is 14.7 Å². The van der Waals surface area contributed by atoms with Gasteiger partial charge >= 0.3 is 0 Å². The van der Waals surface area contributed by atoms with Crippen LogP contribution in [0.2, 0.25) is 0 Å². The molecule has 0 aliphatic heterocycles. The summed E-state index contributed by atoms with van der Waals surface area (Å²) >= 11 is 0. The number of ether oxygens (including phenoxy) is 1. The van der Waals surface area contributed by atoms with Crippen LogP contribution in [0.4, 0.5) is 0 Å². The van der Waals surface area contributed by atoms with E-state index in [1.165, 1.54) is 0 Å². The molecule has 0 aromatic heterocycles. The van der Waals surface area contributed by atoms with Crippen LogP contribution in [0.15, 0.2) is 24.3 Å². The number of nitrogens with zero attached hydrogens (tertiary/aromatic N) is 1. The zero-order valence-corrected chi connectivity index (χ0v) is 11.9. The van der Waals surface area contributed by atoms with Crippen molar-refractivity contribution in [3.05, 3.63) is 29.8 Å². The van der Waals surface area contributed by atoms with E-state index in [-0.39, 0.29) is 18.6 Å². The summed E-state index contributed by atoms with van der Waals surface area (Å²) < 4.78 is 5.50. The van der Waals surface area contributed by atoms with E-state index in [1.54, 1.807) is 17.0 Å². The number of aliphatic hydroxyl groups excluding tert-OH is 1. The molecule has 19 heavy (non-hydrogen) atoms. The summed E-state index contributed by atoms with van der Waals surface area (Å²) in [4.78, 5) is 14.3. The first-order valence-corrected chi connectivity index (χ1v) is 6.75. The molecule has 1 aromatic carbocycles. The number of amides is 1. The van der Waals surface area contributed by atoms with Crippen LogP contribution in [0.3, 0.4) is 0 Å². The lowest BCUT2D eigenvalue weighted by Crippen LogP contribution is -2.38. The molecule has 0 atom stereocenters. The van der Waals surface area contributed by atoms with Crippen molar-refractivity contribution < 1.29 is 14.6 Å². The van der Waals surface area contributed by atoms with Crippen LogP contribution in [0.5, 0.6) is 5.75 Å². The van der Waals surface area contributed by atoms with Gasteiger partial charge in [0.15, 0.2) is 0 Å². The Labute approximate surface area is 115 Å². The number of hydrogen-bond acceptors (Lipinski definition) is 3. The molecule has 1 aromatic rings. The quantitative estimate of drug-likeness (QED) is 0.823. The lowest BCUT2D eigenvalue weighted by molar-refractivity contribution is 0.0689. The van der Waals surface area contributed by atoms with E-state index in [2.05, 4.69) is 0 Å². The molecule has 4 heteroatoms. The topological polar surface area (TPSA) is 49.8 Å². The summed E-state index contributed by atoms with van der Waals surface area (Å²) in [5.41, 5.74) is 0.580. The molecule has 4 nitrogen and oxygen atoms in total. The van der Waals surface area contributed by atoms with E-state index >= 15 is 0 Å². The van der Waals surface area contributed by atoms with E-state index in [1.807, 2.05) is 32.9 Å². The lowest BCUT2D eigenvalue weighted by Gasteiger charge is -2.27. The molecule has 1 rings (SSSR count). The minimum atomic E-state index is -0.0486. The SMILES string of the molecule is CCOc1ccccc1C(=O)N(CCCO)C(C)C. The number of carbonyl (C=O) groups excluding carboxylic acids is 1. The fraction of sp³-hybridized carbons (Fsp3) is 0.533. The molecule has 106 valence electrons. The van der Waals surface area contributed by atoms with Crippen LogP contribution >= 0.6 is 0 Å². The van der Waals surface area contributed by atoms with Gasteiger partial charge in [0.25, 0.3) is 5.91 Å². The normalized spacial score (nSPS) is 10.6. The Balaban J connectivity index is 2.95. The van der Waals surface area contributed by atoms with Gasteiger partial charge in [-0.3, -0.25) is 4.79 Å². The van der Waals surface area contributed by atoms with E-state index in [0.29, 0.717) is 30.9 Å². The smallest absolute Gasteiger partial charge is 0.257 e. The summed E-state index contributed by atoms with van der Waals surface area (Å²) in [7, 11) is 0. The molecule has 0 bridgehead atoms. The Kier molecular flexibility index (Phi) is 6.36. The van der Waals surface area contributed by atoms with Crippen molar-refractivity contribution in [3.63, 3.8) is 0 Å². The zero-order valence-electron chi connectivity index (χ0n) is 11.9. The van der Waals surface area contributed by atoms with Gasteiger partial charge in [-0.25, -0.2) is 0 Å². The number of hydrogen-bond donors (Lipinski definition) is 1. The Morgan fingerprint density at radius 1 is 1.37 bits per heavy atom. The van der Waals surface area contributed by atoms with Crippen LogP contribution in [0.25, 0.3) is 0 Å². The lowest BCUT2D eigenvalue weighted by atomic mass is 10.1. The highest BCUT2D eigenvalue weighted by Crippen LogP contribution is 2.21. The maximum Gasteiger partial charge on any atom is 0.257 e. The standard InChI is InChI=1S/C15H23NO3/c1-4-19-14-9-6-5-8-13(14)15(18)16(12(2)3)10-7-11-17/h5-6,8-9,12,17H,4,7,10-11H2,1-3H3. The number of aliphatic hydroxyl groups is 1.